The summed E-state index contributed by atoms with van der Waals surface area (Å²) in [5.41, 5.74) is 1.06. The smallest absolute Gasteiger partial charge is 0.270 e. The molecule has 0 bridgehead atoms. The summed E-state index contributed by atoms with van der Waals surface area (Å²) >= 11 is 0. The van der Waals surface area contributed by atoms with Crippen molar-refractivity contribution in [1.82, 2.24) is 19.7 Å². The fourth-order valence-corrected chi connectivity index (χ4v) is 3.24. The molecule has 4 aromatic rings. The summed E-state index contributed by atoms with van der Waals surface area (Å²) < 4.78 is 6.66. The molecule has 0 saturated carbocycles. The van der Waals surface area contributed by atoms with Gasteiger partial charge in [0.2, 0.25) is 5.95 Å². The molecule has 0 unspecified atom stereocenters. The lowest BCUT2D eigenvalue weighted by molar-refractivity contribution is -0.384. The highest BCUT2D eigenvalue weighted by Crippen LogP contribution is 2.25. The van der Waals surface area contributed by atoms with Crippen LogP contribution in [0.5, 0.6) is 0 Å². The van der Waals surface area contributed by atoms with E-state index in [1.165, 1.54) is 35.2 Å². The van der Waals surface area contributed by atoms with Crippen LogP contribution in [0.1, 0.15) is 28.5 Å². The van der Waals surface area contributed by atoms with E-state index >= 15 is 0 Å². The van der Waals surface area contributed by atoms with Gasteiger partial charge in [-0.3, -0.25) is 24.7 Å². The lowest BCUT2D eigenvalue weighted by Gasteiger charge is -2.10. The van der Waals surface area contributed by atoms with E-state index in [-0.39, 0.29) is 28.6 Å². The molecule has 0 aliphatic heterocycles. The molecule has 1 amide bonds. The minimum Gasteiger partial charge on any atom is -0.463 e. The van der Waals surface area contributed by atoms with Crippen molar-refractivity contribution in [3.8, 4) is 17.4 Å². The highest BCUT2D eigenvalue weighted by atomic mass is 16.6. The number of aromatic amines is 1. The van der Waals surface area contributed by atoms with Crippen molar-refractivity contribution in [1.29, 1.82) is 0 Å². The number of rotatable bonds is 6. The van der Waals surface area contributed by atoms with Gasteiger partial charge in [-0.15, -0.1) is 0 Å². The summed E-state index contributed by atoms with van der Waals surface area (Å²) in [4.78, 5) is 42.8. The second-order valence-electron chi connectivity index (χ2n) is 6.87. The van der Waals surface area contributed by atoms with Crippen LogP contribution in [0.4, 0.5) is 11.5 Å². The van der Waals surface area contributed by atoms with E-state index in [0.29, 0.717) is 29.1 Å². The molecule has 0 radical (unpaired) electrons. The number of amides is 1. The van der Waals surface area contributed by atoms with Crippen molar-refractivity contribution in [3.05, 3.63) is 86.0 Å². The Morgan fingerprint density at radius 2 is 2.09 bits per heavy atom. The zero-order valence-corrected chi connectivity index (χ0v) is 17.2. The molecule has 1 aromatic carbocycles. The third-order valence-electron chi connectivity index (χ3n) is 4.81. The van der Waals surface area contributed by atoms with Gasteiger partial charge in [0.1, 0.15) is 11.5 Å². The lowest BCUT2D eigenvalue weighted by Crippen LogP contribution is -2.22. The van der Waals surface area contributed by atoms with Gasteiger partial charge in [-0.05, 0) is 31.5 Å². The lowest BCUT2D eigenvalue weighted by atomic mass is 10.2. The van der Waals surface area contributed by atoms with Crippen LogP contribution in [-0.4, -0.2) is 30.6 Å². The van der Waals surface area contributed by atoms with Crippen LogP contribution in [0.3, 0.4) is 0 Å². The molecular formula is C21H18N6O5. The molecule has 162 valence electrons. The minimum atomic E-state index is -0.593. The number of H-pyrrole nitrogens is 1. The van der Waals surface area contributed by atoms with Crippen LogP contribution in [-0.2, 0) is 6.42 Å². The Kier molecular flexibility index (Phi) is 5.37. The second-order valence-corrected chi connectivity index (χ2v) is 6.87. The molecule has 0 atom stereocenters. The summed E-state index contributed by atoms with van der Waals surface area (Å²) in [6.45, 7) is 3.57. The second kappa shape index (κ2) is 8.30. The Bertz CT molecular complexity index is 1370. The van der Waals surface area contributed by atoms with E-state index < -0.39 is 10.8 Å². The van der Waals surface area contributed by atoms with E-state index in [2.05, 4.69) is 20.4 Å². The van der Waals surface area contributed by atoms with Crippen molar-refractivity contribution in [2.75, 3.05) is 5.32 Å². The zero-order chi connectivity index (χ0) is 22.8. The van der Waals surface area contributed by atoms with Gasteiger partial charge in [-0.25, -0.2) is 4.98 Å². The first kappa shape index (κ1) is 20.7. The van der Waals surface area contributed by atoms with Crippen LogP contribution >= 0.6 is 0 Å². The van der Waals surface area contributed by atoms with Crippen LogP contribution in [0.25, 0.3) is 17.4 Å². The number of nitrogens with zero attached hydrogens (tertiary/aromatic N) is 4. The molecule has 2 N–H and O–H groups in total. The van der Waals surface area contributed by atoms with Gasteiger partial charge in [-0.2, -0.15) is 9.78 Å². The van der Waals surface area contributed by atoms with Crippen molar-refractivity contribution >= 4 is 17.4 Å². The molecule has 0 saturated heterocycles. The summed E-state index contributed by atoms with van der Waals surface area (Å²) in [6.07, 6.45) is 2.00. The Morgan fingerprint density at radius 3 is 2.75 bits per heavy atom. The predicted molar refractivity (Wildman–Crippen MR) is 115 cm³/mol. The number of carbonyl (C=O) groups is 1. The van der Waals surface area contributed by atoms with Crippen molar-refractivity contribution in [3.63, 3.8) is 0 Å². The maximum atomic E-state index is 12.8. The Morgan fingerprint density at radius 1 is 1.28 bits per heavy atom. The molecular weight excluding hydrogens is 416 g/mol. The highest BCUT2D eigenvalue weighted by molar-refractivity contribution is 6.04. The largest absolute Gasteiger partial charge is 0.463 e. The number of furan rings is 1. The first-order chi connectivity index (χ1) is 15.4. The number of nitrogens with one attached hydrogen (secondary N) is 2. The van der Waals surface area contributed by atoms with E-state index in [4.69, 9.17) is 4.42 Å². The number of carbonyl (C=O) groups excluding carboxylic acids is 1. The zero-order valence-electron chi connectivity index (χ0n) is 17.2. The average molecular weight is 434 g/mol. The highest BCUT2D eigenvalue weighted by Gasteiger charge is 2.19. The van der Waals surface area contributed by atoms with Gasteiger partial charge in [0.15, 0.2) is 5.76 Å². The monoisotopic (exact) mass is 434 g/mol. The molecule has 3 heterocycles. The summed E-state index contributed by atoms with van der Waals surface area (Å²) in [7, 11) is 0. The topological polar surface area (TPSA) is 149 Å². The molecule has 32 heavy (non-hydrogen) atoms. The maximum absolute atomic E-state index is 12.8. The molecule has 3 aromatic heterocycles. The van der Waals surface area contributed by atoms with E-state index in [1.54, 1.807) is 25.1 Å². The Labute approximate surface area is 180 Å². The number of hydrogen-bond donors (Lipinski definition) is 2. The number of aromatic nitrogens is 4. The summed E-state index contributed by atoms with van der Waals surface area (Å²) in [6, 6.07) is 10.3. The number of non-ortho nitro benzene ring substituents is 1. The van der Waals surface area contributed by atoms with Crippen LogP contribution < -0.4 is 10.9 Å². The molecule has 0 fully saturated rings. The molecule has 11 heteroatoms. The molecule has 11 nitrogen and oxygen atoms in total. The Hall–Kier alpha value is -4.54. The van der Waals surface area contributed by atoms with Gasteiger partial charge in [-0.1, -0.05) is 13.0 Å². The number of anilines is 1. The van der Waals surface area contributed by atoms with Crippen molar-refractivity contribution in [2.24, 2.45) is 0 Å². The van der Waals surface area contributed by atoms with Crippen molar-refractivity contribution in [2.45, 2.75) is 20.3 Å². The third kappa shape index (κ3) is 3.90. The fourth-order valence-electron chi connectivity index (χ4n) is 3.24. The van der Waals surface area contributed by atoms with Crippen molar-refractivity contribution < 1.29 is 14.1 Å². The minimum absolute atomic E-state index is 0.0884. The molecule has 0 spiro atoms. The van der Waals surface area contributed by atoms with Gasteiger partial charge in [0, 0.05) is 35.0 Å². The van der Waals surface area contributed by atoms with Crippen LogP contribution in [0.15, 0.2) is 57.9 Å². The van der Waals surface area contributed by atoms with E-state index in [9.17, 15) is 19.7 Å². The first-order valence-corrected chi connectivity index (χ1v) is 9.67. The average Bonchev–Trinajstić information content (AvgIpc) is 3.43. The fraction of sp³-hybridized carbons (Fsp3) is 0.143. The third-order valence-corrected chi connectivity index (χ3v) is 4.81. The normalized spacial score (nSPS) is 10.8. The molecule has 0 aliphatic rings. The van der Waals surface area contributed by atoms with Gasteiger partial charge >= 0.3 is 0 Å². The predicted octanol–water partition coefficient (Wildman–Crippen LogP) is 3.25. The van der Waals surface area contributed by atoms with Gasteiger partial charge in [0.05, 0.1) is 11.2 Å². The van der Waals surface area contributed by atoms with Gasteiger partial charge in [0.25, 0.3) is 17.2 Å². The SMILES string of the molecule is CCc1c(C)nc(-n2nc(-c3ccco3)cc2NC(=O)c2cccc([N+](=O)[O-])c2)[nH]c1=O. The standard InChI is InChI=1S/C21H18N6O5/c1-3-15-12(2)22-21(24-20(15)29)26-18(11-16(25-26)17-8-5-9-32-17)23-19(28)13-6-4-7-14(10-13)27(30)31/h4-11H,3H2,1-2H3,(H,23,28)(H,22,24,29). The number of nitro groups is 1. The van der Waals surface area contributed by atoms with Crippen LogP contribution in [0.2, 0.25) is 0 Å². The van der Waals surface area contributed by atoms with Gasteiger partial charge < -0.3 is 9.73 Å². The van der Waals surface area contributed by atoms with E-state index in [0.717, 1.165) is 0 Å². The number of benzene rings is 1. The van der Waals surface area contributed by atoms with Crippen LogP contribution in [0, 0.1) is 17.0 Å². The number of aryl methyl sites for hydroxylation is 1. The molecule has 4 rings (SSSR count). The quantitative estimate of drug-likeness (QED) is 0.349. The summed E-state index contributed by atoms with van der Waals surface area (Å²) in [5.74, 6) is 0.153. The summed E-state index contributed by atoms with van der Waals surface area (Å²) in [5, 5.41) is 18.1. The first-order valence-electron chi connectivity index (χ1n) is 9.67. The number of hydrogen-bond acceptors (Lipinski definition) is 7. The maximum Gasteiger partial charge on any atom is 0.270 e. The van der Waals surface area contributed by atoms with E-state index in [1.807, 2.05) is 6.92 Å². The number of nitro benzene ring substituents is 1. The Balaban J connectivity index is 1.78. The molecule has 0 aliphatic carbocycles.